The Kier molecular flexibility index (Phi) is 9.51. The minimum atomic E-state index is -0.339. The molecule has 1 amide bonds. The molecule has 0 unspecified atom stereocenters. The van der Waals surface area contributed by atoms with E-state index in [1.165, 1.54) is 0 Å². The Balaban J connectivity index is 2.70. The number of nitrogens with zero attached hydrogens (tertiary/aromatic N) is 1. The molecule has 23 heavy (non-hydrogen) atoms. The molecule has 0 saturated carbocycles. The normalized spacial score (nSPS) is 10.4. The molecule has 0 aromatic heterocycles. The molecule has 128 valence electrons. The van der Waals surface area contributed by atoms with Gasteiger partial charge in [0.2, 0.25) is 0 Å². The average Bonchev–Trinajstić information content (AvgIpc) is 2.54. The molecule has 1 aromatic rings. The number of hydrogen-bond acceptors (Lipinski definition) is 5. The van der Waals surface area contributed by atoms with Crippen LogP contribution in [-0.2, 0) is 14.3 Å². The predicted molar refractivity (Wildman–Crippen MR) is 89.2 cm³/mol. The van der Waals surface area contributed by atoms with Gasteiger partial charge in [-0.3, -0.25) is 9.59 Å². The van der Waals surface area contributed by atoms with Crippen molar-refractivity contribution in [3.63, 3.8) is 0 Å². The van der Waals surface area contributed by atoms with Crippen molar-refractivity contribution < 1.29 is 24.2 Å². The average molecular weight is 388 g/mol. The smallest absolute Gasteiger partial charge is 0.307 e. The van der Waals surface area contributed by atoms with E-state index in [2.05, 4.69) is 15.9 Å². The van der Waals surface area contributed by atoms with Crippen molar-refractivity contribution in [2.24, 2.45) is 0 Å². The number of carbonyl (C=O) groups excluding carboxylic acids is 2. The third kappa shape index (κ3) is 7.11. The first-order chi connectivity index (χ1) is 11.1. The third-order valence-electron chi connectivity index (χ3n) is 3.02. The van der Waals surface area contributed by atoms with Gasteiger partial charge in [0, 0.05) is 17.6 Å². The molecule has 0 spiro atoms. The van der Waals surface area contributed by atoms with Crippen molar-refractivity contribution in [1.29, 1.82) is 0 Å². The molecule has 7 heteroatoms. The Morgan fingerprint density at radius 1 is 1.22 bits per heavy atom. The summed E-state index contributed by atoms with van der Waals surface area (Å²) in [5.74, 6) is -0.525. The summed E-state index contributed by atoms with van der Waals surface area (Å²) in [7, 11) is 0. The lowest BCUT2D eigenvalue weighted by molar-refractivity contribution is -0.143. The fraction of sp³-hybridized carbons (Fsp3) is 0.500. The van der Waals surface area contributed by atoms with E-state index in [9.17, 15) is 9.59 Å². The van der Waals surface area contributed by atoms with Crippen LogP contribution in [0.15, 0.2) is 28.7 Å². The lowest BCUT2D eigenvalue weighted by Gasteiger charge is -2.23. The molecule has 0 aliphatic carbocycles. The van der Waals surface area contributed by atoms with Gasteiger partial charge in [-0.2, -0.15) is 0 Å². The molecule has 0 radical (unpaired) electrons. The Hall–Kier alpha value is -1.44. The molecule has 6 nitrogen and oxygen atoms in total. The van der Waals surface area contributed by atoms with Gasteiger partial charge in [0.15, 0.2) is 0 Å². The topological polar surface area (TPSA) is 76.1 Å². The second-order valence-corrected chi connectivity index (χ2v) is 5.52. The summed E-state index contributed by atoms with van der Waals surface area (Å²) in [4.78, 5) is 25.7. The Morgan fingerprint density at radius 2 is 1.96 bits per heavy atom. The molecule has 0 bridgehead atoms. The van der Waals surface area contributed by atoms with Crippen molar-refractivity contribution in [3.05, 3.63) is 34.3 Å². The van der Waals surface area contributed by atoms with Crippen LogP contribution in [0.4, 0.5) is 0 Å². The zero-order chi connectivity index (χ0) is 17.1. The highest BCUT2D eigenvalue weighted by molar-refractivity contribution is 9.10. The molecular formula is C16H22BrNO5. The fourth-order valence-corrected chi connectivity index (χ4v) is 2.38. The van der Waals surface area contributed by atoms with E-state index in [0.29, 0.717) is 29.8 Å². The zero-order valence-corrected chi connectivity index (χ0v) is 14.8. The number of ether oxygens (including phenoxy) is 2. The number of rotatable bonds is 10. The lowest BCUT2D eigenvalue weighted by Crippen LogP contribution is -2.36. The summed E-state index contributed by atoms with van der Waals surface area (Å²) in [6.07, 6.45) is 0.129. The largest absolute Gasteiger partial charge is 0.466 e. The molecule has 0 aliphatic heterocycles. The minimum Gasteiger partial charge on any atom is -0.466 e. The van der Waals surface area contributed by atoms with Crippen LogP contribution in [0.1, 0.15) is 23.7 Å². The second-order valence-electron chi connectivity index (χ2n) is 4.66. The summed E-state index contributed by atoms with van der Waals surface area (Å²) in [6, 6.07) is 7.12. The van der Waals surface area contributed by atoms with Crippen LogP contribution in [0.3, 0.4) is 0 Å². The Labute approximate surface area is 144 Å². The fourth-order valence-electron chi connectivity index (χ4n) is 1.92. The maximum absolute atomic E-state index is 12.6. The molecule has 0 heterocycles. The van der Waals surface area contributed by atoms with Crippen molar-refractivity contribution in [3.8, 4) is 0 Å². The molecule has 0 atom stereocenters. The van der Waals surface area contributed by atoms with Gasteiger partial charge in [-0.1, -0.05) is 12.1 Å². The number of benzene rings is 1. The van der Waals surface area contributed by atoms with Crippen LogP contribution >= 0.6 is 15.9 Å². The van der Waals surface area contributed by atoms with E-state index in [1.807, 2.05) is 6.07 Å². The first kappa shape index (κ1) is 19.6. The highest BCUT2D eigenvalue weighted by Crippen LogP contribution is 2.18. The zero-order valence-electron chi connectivity index (χ0n) is 13.2. The molecule has 1 aromatic carbocycles. The summed E-state index contributed by atoms with van der Waals surface area (Å²) >= 11 is 3.36. The van der Waals surface area contributed by atoms with E-state index >= 15 is 0 Å². The minimum absolute atomic E-state index is 0.0684. The van der Waals surface area contributed by atoms with E-state index in [0.717, 1.165) is 0 Å². The monoisotopic (exact) mass is 387 g/mol. The summed E-state index contributed by atoms with van der Waals surface area (Å²) < 4.78 is 10.8. The van der Waals surface area contributed by atoms with Crippen LogP contribution in [-0.4, -0.2) is 61.4 Å². The molecule has 0 saturated heterocycles. The van der Waals surface area contributed by atoms with Crippen LogP contribution < -0.4 is 0 Å². The number of amides is 1. The number of aliphatic hydroxyl groups is 1. The van der Waals surface area contributed by atoms with Crippen LogP contribution in [0.5, 0.6) is 0 Å². The summed E-state index contributed by atoms with van der Waals surface area (Å²) in [6.45, 7) is 3.08. The quantitative estimate of drug-likeness (QED) is 0.489. The second kappa shape index (κ2) is 11.2. The van der Waals surface area contributed by atoms with Crippen LogP contribution in [0, 0.1) is 0 Å². The van der Waals surface area contributed by atoms with Gasteiger partial charge in [0.25, 0.3) is 5.91 Å². The van der Waals surface area contributed by atoms with Gasteiger partial charge in [0.05, 0.1) is 38.4 Å². The lowest BCUT2D eigenvalue weighted by atomic mass is 10.2. The van der Waals surface area contributed by atoms with Gasteiger partial charge >= 0.3 is 5.97 Å². The number of aliphatic hydroxyl groups excluding tert-OH is 1. The van der Waals surface area contributed by atoms with Crippen molar-refractivity contribution in [1.82, 2.24) is 4.90 Å². The van der Waals surface area contributed by atoms with E-state index < -0.39 is 0 Å². The van der Waals surface area contributed by atoms with Gasteiger partial charge in [-0.05, 0) is 35.0 Å². The maximum atomic E-state index is 12.6. The van der Waals surface area contributed by atoms with Crippen LogP contribution in [0.2, 0.25) is 0 Å². The number of hydrogen-bond donors (Lipinski definition) is 1. The first-order valence-corrected chi connectivity index (χ1v) is 8.27. The molecular weight excluding hydrogens is 366 g/mol. The molecule has 0 aliphatic rings. The highest BCUT2D eigenvalue weighted by atomic mass is 79.9. The summed E-state index contributed by atoms with van der Waals surface area (Å²) in [5.41, 5.74) is 0.526. The van der Waals surface area contributed by atoms with Gasteiger partial charge in [-0.25, -0.2) is 0 Å². The standard InChI is InChI=1S/C16H22BrNO5/c1-2-23-15(20)7-8-18(9-11-22-12-10-19)16(21)13-5-3-4-6-14(13)17/h3-6,19H,2,7-12H2,1H3. The number of halogens is 1. The van der Waals surface area contributed by atoms with Gasteiger partial charge in [0.1, 0.15) is 0 Å². The van der Waals surface area contributed by atoms with Crippen molar-refractivity contribution in [2.75, 3.05) is 39.5 Å². The number of carbonyl (C=O) groups is 2. The maximum Gasteiger partial charge on any atom is 0.307 e. The van der Waals surface area contributed by atoms with Crippen molar-refractivity contribution in [2.45, 2.75) is 13.3 Å². The summed E-state index contributed by atoms with van der Waals surface area (Å²) in [5, 5.41) is 8.72. The van der Waals surface area contributed by atoms with Gasteiger partial charge < -0.3 is 19.5 Å². The molecule has 1 rings (SSSR count). The van der Waals surface area contributed by atoms with Crippen LogP contribution in [0.25, 0.3) is 0 Å². The van der Waals surface area contributed by atoms with E-state index in [4.69, 9.17) is 14.6 Å². The SMILES string of the molecule is CCOC(=O)CCN(CCOCCO)C(=O)c1ccccc1Br. The Bertz CT molecular complexity index is 509. The predicted octanol–water partition coefficient (Wildman–Crippen LogP) is 1.85. The van der Waals surface area contributed by atoms with Crippen molar-refractivity contribution >= 4 is 27.8 Å². The Morgan fingerprint density at radius 3 is 2.61 bits per heavy atom. The van der Waals surface area contributed by atoms with Gasteiger partial charge in [-0.15, -0.1) is 0 Å². The van der Waals surface area contributed by atoms with E-state index in [1.54, 1.807) is 30.0 Å². The molecule has 1 N–H and O–H groups in total. The third-order valence-corrected chi connectivity index (χ3v) is 3.72. The first-order valence-electron chi connectivity index (χ1n) is 7.48. The van der Waals surface area contributed by atoms with E-state index in [-0.39, 0.29) is 38.1 Å². The highest BCUT2D eigenvalue weighted by Gasteiger charge is 2.19. The molecule has 0 fully saturated rings. The number of esters is 1.